The zero-order valence-corrected chi connectivity index (χ0v) is 21.9. The largest absolute Gasteiger partial charge is 0.503 e. The standard InChI is InChI=1S/C30H24ClNO7/c1-3-38-30(36)19-11-9-17(10-12-19)16-32-25(18-7-5-4-6-8-18)24(27(34)29(32)35)26(33)22-14-20-13-21(31)15-23(37-2)28(20)39-22/h4-15,25,34H,3,16H2,1-2H3. The number of carbonyl (C=O) groups is 3. The molecule has 8 nitrogen and oxygen atoms in total. The van der Waals surface area contributed by atoms with Crippen molar-refractivity contribution in [3.63, 3.8) is 0 Å². The number of amides is 1. The van der Waals surface area contributed by atoms with Crippen LogP contribution in [0.2, 0.25) is 5.02 Å². The maximum Gasteiger partial charge on any atom is 0.338 e. The molecule has 0 aliphatic carbocycles. The lowest BCUT2D eigenvalue weighted by molar-refractivity contribution is -0.130. The first kappa shape index (κ1) is 26.1. The van der Waals surface area contributed by atoms with E-state index in [4.69, 9.17) is 25.5 Å². The molecule has 2 heterocycles. The van der Waals surface area contributed by atoms with Crippen LogP contribution >= 0.6 is 11.6 Å². The van der Waals surface area contributed by atoms with Gasteiger partial charge in [0.15, 0.2) is 22.9 Å². The molecule has 1 N–H and O–H groups in total. The normalized spacial score (nSPS) is 15.2. The molecule has 0 radical (unpaired) electrons. The van der Waals surface area contributed by atoms with Crippen molar-refractivity contribution in [1.82, 2.24) is 4.90 Å². The van der Waals surface area contributed by atoms with Gasteiger partial charge in [-0.25, -0.2) is 4.79 Å². The smallest absolute Gasteiger partial charge is 0.338 e. The Balaban J connectivity index is 1.52. The molecule has 198 valence electrons. The number of carbonyl (C=O) groups excluding carboxylic acids is 3. The Morgan fingerprint density at radius 1 is 1.05 bits per heavy atom. The van der Waals surface area contributed by atoms with Gasteiger partial charge in [0.1, 0.15) is 0 Å². The minimum atomic E-state index is -0.880. The number of aliphatic hydroxyl groups is 1. The highest BCUT2D eigenvalue weighted by Gasteiger charge is 2.44. The summed E-state index contributed by atoms with van der Waals surface area (Å²) in [6.45, 7) is 2.06. The predicted molar refractivity (Wildman–Crippen MR) is 144 cm³/mol. The Morgan fingerprint density at radius 2 is 1.77 bits per heavy atom. The first-order valence-electron chi connectivity index (χ1n) is 12.2. The van der Waals surface area contributed by atoms with Gasteiger partial charge in [0.2, 0.25) is 5.78 Å². The fourth-order valence-corrected chi connectivity index (χ4v) is 4.89. The van der Waals surface area contributed by atoms with Crippen LogP contribution < -0.4 is 4.74 Å². The van der Waals surface area contributed by atoms with Crippen molar-refractivity contribution < 1.29 is 33.4 Å². The third-order valence-electron chi connectivity index (χ3n) is 6.47. The number of nitrogens with zero attached hydrogens (tertiary/aromatic N) is 1. The summed E-state index contributed by atoms with van der Waals surface area (Å²) in [5.41, 5.74) is 1.94. The predicted octanol–water partition coefficient (Wildman–Crippen LogP) is 6.05. The van der Waals surface area contributed by atoms with Crippen molar-refractivity contribution in [2.24, 2.45) is 0 Å². The van der Waals surface area contributed by atoms with Crippen LogP contribution in [0.15, 0.2) is 88.5 Å². The summed E-state index contributed by atoms with van der Waals surface area (Å²) in [6.07, 6.45) is 0. The topological polar surface area (TPSA) is 106 Å². The zero-order chi connectivity index (χ0) is 27.7. The van der Waals surface area contributed by atoms with Crippen molar-refractivity contribution in [1.29, 1.82) is 0 Å². The Morgan fingerprint density at radius 3 is 2.44 bits per heavy atom. The number of hydrogen-bond donors (Lipinski definition) is 1. The van der Waals surface area contributed by atoms with Crippen LogP contribution in [0.25, 0.3) is 11.0 Å². The van der Waals surface area contributed by atoms with E-state index in [0.29, 0.717) is 38.4 Å². The van der Waals surface area contributed by atoms with Gasteiger partial charge < -0.3 is 23.9 Å². The highest BCUT2D eigenvalue weighted by Crippen LogP contribution is 2.41. The van der Waals surface area contributed by atoms with Crippen molar-refractivity contribution >= 4 is 40.2 Å². The number of aliphatic hydroxyl groups excluding tert-OH is 1. The van der Waals surface area contributed by atoms with E-state index in [1.807, 2.05) is 6.07 Å². The summed E-state index contributed by atoms with van der Waals surface area (Å²) < 4.78 is 16.2. The molecule has 4 aromatic rings. The molecule has 0 saturated heterocycles. The second-order valence-corrected chi connectivity index (χ2v) is 9.33. The summed E-state index contributed by atoms with van der Waals surface area (Å²) in [5, 5.41) is 11.9. The number of fused-ring (bicyclic) bond motifs is 1. The van der Waals surface area contributed by atoms with Crippen LogP contribution in [-0.4, -0.2) is 41.4 Å². The lowest BCUT2D eigenvalue weighted by atomic mass is 9.95. The Hall–Kier alpha value is -4.56. The van der Waals surface area contributed by atoms with E-state index in [9.17, 15) is 19.5 Å². The molecule has 0 bridgehead atoms. The lowest BCUT2D eigenvalue weighted by Gasteiger charge is -2.26. The van der Waals surface area contributed by atoms with E-state index in [1.165, 1.54) is 18.1 Å². The number of ketones is 1. The molecular weight excluding hydrogens is 522 g/mol. The molecule has 0 fully saturated rings. The number of benzene rings is 3. The Kier molecular flexibility index (Phi) is 7.13. The molecule has 1 aliphatic heterocycles. The average molecular weight is 546 g/mol. The Labute approximate surface area is 229 Å². The van der Waals surface area contributed by atoms with Crippen molar-refractivity contribution in [3.8, 4) is 5.75 Å². The quantitative estimate of drug-likeness (QED) is 0.212. The minimum Gasteiger partial charge on any atom is -0.503 e. The summed E-state index contributed by atoms with van der Waals surface area (Å²) in [5.74, 6) is -2.14. The van der Waals surface area contributed by atoms with Crippen molar-refractivity contribution in [2.45, 2.75) is 19.5 Å². The zero-order valence-electron chi connectivity index (χ0n) is 21.1. The molecule has 1 atom stereocenters. The summed E-state index contributed by atoms with van der Waals surface area (Å²) in [7, 11) is 1.46. The summed E-state index contributed by atoms with van der Waals surface area (Å²) in [4.78, 5) is 40.6. The molecule has 39 heavy (non-hydrogen) atoms. The molecule has 1 amide bonds. The number of ether oxygens (including phenoxy) is 2. The fourth-order valence-electron chi connectivity index (χ4n) is 4.67. The third-order valence-corrected chi connectivity index (χ3v) is 6.69. The SMILES string of the molecule is CCOC(=O)c1ccc(CN2C(=O)C(O)=C(C(=O)c3cc4cc(Cl)cc(OC)c4o3)C2c2ccccc2)cc1. The van der Waals surface area contributed by atoms with E-state index >= 15 is 0 Å². The maximum absolute atomic E-state index is 13.8. The van der Waals surface area contributed by atoms with Crippen LogP contribution in [0.4, 0.5) is 0 Å². The van der Waals surface area contributed by atoms with Crippen LogP contribution in [0, 0.1) is 0 Å². The summed E-state index contributed by atoms with van der Waals surface area (Å²) in [6, 6.07) is 19.4. The van der Waals surface area contributed by atoms with E-state index in [1.54, 1.807) is 67.6 Å². The van der Waals surface area contributed by atoms with Gasteiger partial charge in [-0.1, -0.05) is 54.1 Å². The molecule has 5 rings (SSSR count). The van der Waals surface area contributed by atoms with Gasteiger partial charge in [-0.15, -0.1) is 0 Å². The van der Waals surface area contributed by atoms with Crippen LogP contribution in [0.5, 0.6) is 5.75 Å². The fraction of sp³-hybridized carbons (Fsp3) is 0.167. The second kappa shape index (κ2) is 10.7. The molecular formula is C30H24ClNO7. The highest BCUT2D eigenvalue weighted by atomic mass is 35.5. The number of esters is 1. The van der Waals surface area contributed by atoms with Gasteiger partial charge in [-0.2, -0.15) is 0 Å². The van der Waals surface area contributed by atoms with E-state index < -0.39 is 29.5 Å². The second-order valence-electron chi connectivity index (χ2n) is 8.89. The molecule has 3 aromatic carbocycles. The highest BCUT2D eigenvalue weighted by molar-refractivity contribution is 6.31. The number of hydrogen-bond acceptors (Lipinski definition) is 7. The number of furan rings is 1. The van der Waals surface area contributed by atoms with Crippen LogP contribution in [0.1, 0.15) is 45.0 Å². The third kappa shape index (κ3) is 4.86. The van der Waals surface area contributed by atoms with Crippen LogP contribution in [-0.2, 0) is 16.1 Å². The molecule has 1 aliphatic rings. The molecule has 0 saturated carbocycles. The number of methoxy groups -OCH3 is 1. The molecule has 1 aromatic heterocycles. The van der Waals surface area contributed by atoms with E-state index in [0.717, 1.165) is 0 Å². The molecule has 0 spiro atoms. The van der Waals surface area contributed by atoms with Crippen molar-refractivity contribution in [3.05, 3.63) is 112 Å². The van der Waals surface area contributed by atoms with Gasteiger partial charge in [0.25, 0.3) is 5.91 Å². The van der Waals surface area contributed by atoms with Gasteiger partial charge in [0.05, 0.1) is 30.9 Å². The number of rotatable bonds is 8. The number of Topliss-reactive ketones (excluding diaryl/α,β-unsaturated/α-hetero) is 1. The minimum absolute atomic E-state index is 0.0681. The molecule has 1 unspecified atom stereocenters. The maximum atomic E-state index is 13.8. The molecule has 9 heteroatoms. The van der Waals surface area contributed by atoms with Gasteiger partial charge in [-0.05, 0) is 42.3 Å². The first-order chi connectivity index (χ1) is 18.8. The number of halogens is 1. The first-order valence-corrected chi connectivity index (χ1v) is 12.6. The van der Waals surface area contributed by atoms with E-state index in [-0.39, 0.29) is 24.5 Å². The van der Waals surface area contributed by atoms with Crippen molar-refractivity contribution in [2.75, 3.05) is 13.7 Å². The van der Waals surface area contributed by atoms with Gasteiger partial charge in [-0.3, -0.25) is 9.59 Å². The monoisotopic (exact) mass is 545 g/mol. The van der Waals surface area contributed by atoms with Gasteiger partial charge >= 0.3 is 5.97 Å². The summed E-state index contributed by atoms with van der Waals surface area (Å²) >= 11 is 6.17. The van der Waals surface area contributed by atoms with Crippen LogP contribution in [0.3, 0.4) is 0 Å². The average Bonchev–Trinajstić information content (AvgIpc) is 3.48. The van der Waals surface area contributed by atoms with E-state index in [2.05, 4.69) is 0 Å². The Bertz CT molecular complexity index is 1610. The lowest BCUT2D eigenvalue weighted by Crippen LogP contribution is -2.30. The van der Waals surface area contributed by atoms with Gasteiger partial charge in [0, 0.05) is 23.0 Å².